The number of carbonyl (C=O) groups excluding carboxylic acids is 3. The lowest BCUT2D eigenvalue weighted by molar-refractivity contribution is -0.123. The number of hydrogen-bond acceptors (Lipinski definition) is 8. The average molecular weight is 528 g/mol. The largest absolute Gasteiger partial charge is 0.486 e. The maximum absolute atomic E-state index is 14.1. The number of fused-ring (bicyclic) bond motifs is 1. The highest BCUT2D eigenvalue weighted by Crippen LogP contribution is 2.39. The first-order valence-electron chi connectivity index (χ1n) is 11.3. The van der Waals surface area contributed by atoms with Crippen molar-refractivity contribution in [2.24, 2.45) is 5.73 Å². The number of primary amides is 1. The number of benzene rings is 2. The quantitative estimate of drug-likeness (QED) is 0.446. The molecule has 10 nitrogen and oxygen atoms in total. The van der Waals surface area contributed by atoms with E-state index >= 15 is 0 Å². The molecule has 1 aliphatic heterocycles. The Kier molecular flexibility index (Phi) is 7.03. The number of nitrogens with zero attached hydrogens (tertiary/aromatic N) is 2. The van der Waals surface area contributed by atoms with Crippen LogP contribution in [0.25, 0.3) is 0 Å². The van der Waals surface area contributed by atoms with Gasteiger partial charge in [-0.2, -0.15) is 4.37 Å². The van der Waals surface area contributed by atoms with Crippen LogP contribution in [0.2, 0.25) is 0 Å². The second kappa shape index (κ2) is 10.1. The normalized spacial score (nSPS) is 13.5. The summed E-state index contributed by atoms with van der Waals surface area (Å²) >= 11 is 0.690. The summed E-state index contributed by atoms with van der Waals surface area (Å²) in [5.41, 5.74) is 10.9. The van der Waals surface area contributed by atoms with E-state index in [2.05, 4.69) is 9.69 Å². The summed E-state index contributed by atoms with van der Waals surface area (Å²) in [6.45, 7) is 6.06. The van der Waals surface area contributed by atoms with Crippen molar-refractivity contribution in [3.8, 4) is 11.5 Å². The van der Waals surface area contributed by atoms with Gasteiger partial charge < -0.3 is 26.3 Å². The molecule has 0 fully saturated rings. The first-order chi connectivity index (χ1) is 17.5. The molecule has 0 saturated heterocycles. The van der Waals surface area contributed by atoms with Crippen molar-refractivity contribution >= 4 is 40.6 Å². The molecule has 4 rings (SSSR count). The fourth-order valence-electron chi connectivity index (χ4n) is 3.80. The van der Waals surface area contributed by atoms with Crippen LogP contribution >= 0.6 is 11.5 Å². The number of hydrogen-bond donors (Lipinski definition) is 3. The predicted octanol–water partition coefficient (Wildman–Crippen LogP) is 3.04. The fraction of sp³-hybridized carbons (Fsp3) is 0.280. The Labute approximate surface area is 216 Å². The predicted molar refractivity (Wildman–Crippen MR) is 136 cm³/mol. The molecule has 0 spiro atoms. The molecular formula is C25H26FN5O5S. The minimum Gasteiger partial charge on any atom is -0.486 e. The molecule has 3 amide bonds. The third-order valence-corrected chi connectivity index (χ3v) is 6.22. The number of aromatic nitrogens is 1. The standard InChI is InChI=1S/C25H26FN5O5S/c1-25(2,3)29-23(33)20(13-4-6-14(26)7-5-13)31(15-8-9-16-17(12-15)36-11-10-35-16)24(34)21-18(27)19(22(28)32)30-37-21/h4-9,12,20H,10-11,27H2,1-3H3,(H2,28,32)(H,29,33)/t20-/m1/s1. The van der Waals surface area contributed by atoms with Crippen LogP contribution < -0.4 is 31.2 Å². The lowest BCUT2D eigenvalue weighted by Crippen LogP contribution is -2.49. The van der Waals surface area contributed by atoms with Gasteiger partial charge >= 0.3 is 0 Å². The van der Waals surface area contributed by atoms with Gasteiger partial charge in [0.2, 0.25) is 5.91 Å². The Morgan fingerprint density at radius 3 is 2.32 bits per heavy atom. The van der Waals surface area contributed by atoms with Crippen molar-refractivity contribution in [1.82, 2.24) is 9.69 Å². The third kappa shape index (κ3) is 5.48. The van der Waals surface area contributed by atoms with Crippen LogP contribution in [0.15, 0.2) is 42.5 Å². The van der Waals surface area contributed by atoms with Gasteiger partial charge in [-0.3, -0.25) is 19.3 Å². The van der Waals surface area contributed by atoms with E-state index in [9.17, 15) is 18.8 Å². The zero-order chi connectivity index (χ0) is 26.9. The lowest BCUT2D eigenvalue weighted by atomic mass is 10.00. The van der Waals surface area contributed by atoms with Gasteiger partial charge in [0, 0.05) is 17.3 Å². The molecule has 0 radical (unpaired) electrons. The van der Waals surface area contributed by atoms with Crippen LogP contribution in [0.5, 0.6) is 11.5 Å². The van der Waals surface area contributed by atoms with Crippen LogP contribution in [0, 0.1) is 5.82 Å². The maximum atomic E-state index is 14.1. The number of amides is 3. The van der Waals surface area contributed by atoms with Crippen LogP contribution in [0.3, 0.4) is 0 Å². The highest BCUT2D eigenvalue weighted by Gasteiger charge is 2.37. The van der Waals surface area contributed by atoms with Gasteiger partial charge in [-0.05, 0) is 62.1 Å². The highest BCUT2D eigenvalue weighted by molar-refractivity contribution is 7.09. The van der Waals surface area contributed by atoms with Crippen molar-refractivity contribution < 1.29 is 28.2 Å². The first kappa shape index (κ1) is 25.9. The van der Waals surface area contributed by atoms with E-state index < -0.39 is 35.1 Å². The van der Waals surface area contributed by atoms with Crippen molar-refractivity contribution in [3.63, 3.8) is 0 Å². The van der Waals surface area contributed by atoms with Crippen molar-refractivity contribution in [2.45, 2.75) is 32.4 Å². The number of nitrogen functional groups attached to an aromatic ring is 1. The zero-order valence-electron chi connectivity index (χ0n) is 20.4. The van der Waals surface area contributed by atoms with Crippen LogP contribution in [0.4, 0.5) is 15.8 Å². The monoisotopic (exact) mass is 527 g/mol. The first-order valence-corrected chi connectivity index (χ1v) is 12.1. The Morgan fingerprint density at radius 2 is 1.73 bits per heavy atom. The summed E-state index contributed by atoms with van der Waals surface area (Å²) in [4.78, 5) is 40.6. The van der Waals surface area contributed by atoms with Crippen LogP contribution in [0.1, 0.15) is 52.5 Å². The molecule has 0 bridgehead atoms. The smallest absolute Gasteiger partial charge is 0.273 e. The molecule has 5 N–H and O–H groups in total. The van der Waals surface area contributed by atoms with Gasteiger partial charge in [0.15, 0.2) is 17.2 Å². The Morgan fingerprint density at radius 1 is 1.08 bits per heavy atom. The third-order valence-electron chi connectivity index (χ3n) is 5.37. The minimum atomic E-state index is -1.26. The van der Waals surface area contributed by atoms with E-state index in [0.29, 0.717) is 41.8 Å². The van der Waals surface area contributed by atoms with E-state index in [4.69, 9.17) is 20.9 Å². The lowest BCUT2D eigenvalue weighted by Gasteiger charge is -2.34. The summed E-state index contributed by atoms with van der Waals surface area (Å²) in [6, 6.07) is 8.78. The maximum Gasteiger partial charge on any atom is 0.273 e. The van der Waals surface area contributed by atoms with E-state index in [-0.39, 0.29) is 21.9 Å². The second-order valence-corrected chi connectivity index (χ2v) is 10.1. The molecule has 2 heterocycles. The number of anilines is 2. The number of carbonyl (C=O) groups is 3. The molecule has 0 unspecified atom stereocenters. The van der Waals surface area contributed by atoms with E-state index in [0.717, 1.165) is 0 Å². The number of halogens is 1. The average Bonchev–Trinajstić information content (AvgIpc) is 3.23. The molecule has 3 aromatic rings. The summed E-state index contributed by atoms with van der Waals surface area (Å²) in [6.07, 6.45) is 0. The van der Waals surface area contributed by atoms with Crippen molar-refractivity contribution in [3.05, 3.63) is 64.4 Å². The van der Waals surface area contributed by atoms with Gasteiger partial charge in [-0.25, -0.2) is 4.39 Å². The molecular weight excluding hydrogens is 501 g/mol. The van der Waals surface area contributed by atoms with Crippen molar-refractivity contribution in [1.29, 1.82) is 0 Å². The Hall–Kier alpha value is -4.19. The number of rotatable bonds is 6. The molecule has 37 heavy (non-hydrogen) atoms. The van der Waals surface area contributed by atoms with Gasteiger partial charge in [0.05, 0.1) is 5.69 Å². The highest BCUT2D eigenvalue weighted by atomic mass is 32.1. The minimum absolute atomic E-state index is 0.0839. The van der Waals surface area contributed by atoms with Crippen LogP contribution in [-0.4, -0.2) is 40.8 Å². The summed E-state index contributed by atoms with van der Waals surface area (Å²) in [5.74, 6) is -1.77. The molecule has 1 aliphatic rings. The molecule has 12 heteroatoms. The molecule has 194 valence electrons. The van der Waals surface area contributed by atoms with Gasteiger partial charge in [0.25, 0.3) is 11.8 Å². The number of nitrogens with one attached hydrogen (secondary N) is 1. The molecule has 0 aliphatic carbocycles. The fourth-order valence-corrected chi connectivity index (χ4v) is 4.55. The summed E-state index contributed by atoms with van der Waals surface area (Å²) in [7, 11) is 0. The summed E-state index contributed by atoms with van der Waals surface area (Å²) < 4.78 is 29.0. The van der Waals surface area contributed by atoms with E-state index in [1.165, 1.54) is 29.2 Å². The topological polar surface area (TPSA) is 150 Å². The second-order valence-electron chi connectivity index (χ2n) is 9.33. The van der Waals surface area contributed by atoms with Gasteiger partial charge in [-0.1, -0.05) is 12.1 Å². The van der Waals surface area contributed by atoms with E-state index in [1.54, 1.807) is 39.0 Å². The SMILES string of the molecule is CC(C)(C)NC(=O)[C@@H](c1ccc(F)cc1)N(C(=O)c1snc(C(N)=O)c1N)c1ccc2c(c1)OCCO2. The molecule has 1 atom stereocenters. The number of nitrogens with two attached hydrogens (primary N) is 2. The van der Waals surface area contributed by atoms with Gasteiger partial charge in [-0.15, -0.1) is 0 Å². The van der Waals surface area contributed by atoms with Crippen LogP contribution in [-0.2, 0) is 4.79 Å². The zero-order valence-corrected chi connectivity index (χ0v) is 21.2. The Bertz CT molecular complexity index is 1350. The summed E-state index contributed by atoms with van der Waals surface area (Å²) in [5, 5.41) is 2.89. The molecule has 0 saturated carbocycles. The molecule has 2 aromatic carbocycles. The van der Waals surface area contributed by atoms with E-state index in [1.807, 2.05) is 0 Å². The molecule has 1 aromatic heterocycles. The Balaban J connectivity index is 1.91. The van der Waals surface area contributed by atoms with Gasteiger partial charge in [0.1, 0.15) is 29.9 Å². The van der Waals surface area contributed by atoms with Crippen molar-refractivity contribution in [2.75, 3.05) is 23.8 Å². The number of ether oxygens (including phenoxy) is 2.